The molecule has 1 amide bonds. The molecule has 5 nitrogen and oxygen atoms in total. The van der Waals surface area contributed by atoms with E-state index >= 15 is 0 Å². The van der Waals surface area contributed by atoms with Gasteiger partial charge in [-0.15, -0.1) is 11.3 Å². The molecule has 2 aromatic heterocycles. The number of thiazole rings is 1. The van der Waals surface area contributed by atoms with Crippen molar-refractivity contribution >= 4 is 22.9 Å². The molecule has 124 valence electrons. The Morgan fingerprint density at radius 1 is 1.16 bits per heavy atom. The Morgan fingerprint density at radius 2 is 2.08 bits per heavy atom. The van der Waals surface area contributed by atoms with E-state index in [1.54, 1.807) is 41.8 Å². The van der Waals surface area contributed by atoms with Crippen LogP contribution in [0.5, 0.6) is 0 Å². The maximum absolute atomic E-state index is 12.1. The number of pyridine rings is 1. The van der Waals surface area contributed by atoms with Crippen LogP contribution in [0.2, 0.25) is 0 Å². The summed E-state index contributed by atoms with van der Waals surface area (Å²) < 4.78 is 0. The summed E-state index contributed by atoms with van der Waals surface area (Å²) in [7, 11) is 0. The molecule has 0 spiro atoms. The molecular formula is C19H16N4OS. The first-order valence-corrected chi connectivity index (χ1v) is 8.74. The summed E-state index contributed by atoms with van der Waals surface area (Å²) in [5.74, 6) is -0.142. The third-order valence-corrected chi connectivity index (χ3v) is 4.49. The van der Waals surface area contributed by atoms with Gasteiger partial charge in [-0.05, 0) is 36.8 Å². The van der Waals surface area contributed by atoms with Crippen LogP contribution in [0.25, 0.3) is 0 Å². The number of carbonyl (C=O) groups is 1. The highest BCUT2D eigenvalue weighted by Crippen LogP contribution is 2.14. The minimum absolute atomic E-state index is 0.142. The number of anilines is 1. The molecular weight excluding hydrogens is 332 g/mol. The van der Waals surface area contributed by atoms with Crippen molar-refractivity contribution in [2.75, 3.05) is 5.32 Å². The molecule has 0 unspecified atom stereocenters. The zero-order valence-corrected chi connectivity index (χ0v) is 14.3. The molecule has 1 N–H and O–H groups in total. The van der Waals surface area contributed by atoms with Gasteiger partial charge in [-0.1, -0.05) is 12.1 Å². The maximum Gasteiger partial charge on any atom is 0.230 e. The summed E-state index contributed by atoms with van der Waals surface area (Å²) in [5, 5.41) is 14.6. The molecule has 0 saturated carbocycles. The van der Waals surface area contributed by atoms with Gasteiger partial charge in [-0.2, -0.15) is 5.26 Å². The van der Waals surface area contributed by atoms with Crippen molar-refractivity contribution < 1.29 is 4.79 Å². The van der Waals surface area contributed by atoms with Gasteiger partial charge < -0.3 is 5.32 Å². The highest BCUT2D eigenvalue weighted by Gasteiger charge is 2.09. The summed E-state index contributed by atoms with van der Waals surface area (Å²) in [6.07, 6.45) is 3.65. The fourth-order valence-corrected chi connectivity index (χ4v) is 3.16. The van der Waals surface area contributed by atoms with Crippen LogP contribution in [0.15, 0.2) is 54.0 Å². The summed E-state index contributed by atoms with van der Waals surface area (Å²) >= 11 is 1.56. The summed E-state index contributed by atoms with van der Waals surface area (Å²) in [4.78, 5) is 20.9. The Labute approximate surface area is 150 Å². The number of nitrogens with zero attached hydrogens (tertiary/aromatic N) is 3. The van der Waals surface area contributed by atoms with Crippen molar-refractivity contribution in [3.05, 3.63) is 76.0 Å². The molecule has 0 aliphatic heterocycles. The van der Waals surface area contributed by atoms with Gasteiger partial charge in [-0.3, -0.25) is 9.78 Å². The van der Waals surface area contributed by atoms with Crippen molar-refractivity contribution in [3.63, 3.8) is 0 Å². The van der Waals surface area contributed by atoms with E-state index in [0.29, 0.717) is 11.3 Å². The number of aryl methyl sites for hydroxylation is 2. The molecule has 6 heteroatoms. The number of benzene rings is 1. The Morgan fingerprint density at radius 3 is 2.88 bits per heavy atom. The number of amides is 1. The van der Waals surface area contributed by atoms with Crippen LogP contribution in [-0.4, -0.2) is 15.9 Å². The van der Waals surface area contributed by atoms with Gasteiger partial charge in [0.25, 0.3) is 0 Å². The molecule has 3 rings (SSSR count). The second kappa shape index (κ2) is 8.18. The largest absolute Gasteiger partial charge is 0.326 e. The van der Waals surface area contributed by atoms with Gasteiger partial charge in [0.05, 0.1) is 28.8 Å². The van der Waals surface area contributed by atoms with Crippen LogP contribution >= 0.6 is 11.3 Å². The lowest BCUT2D eigenvalue weighted by Gasteiger charge is -2.04. The highest BCUT2D eigenvalue weighted by molar-refractivity contribution is 7.09. The monoisotopic (exact) mass is 348 g/mol. The summed E-state index contributed by atoms with van der Waals surface area (Å²) in [6, 6.07) is 14.8. The van der Waals surface area contributed by atoms with E-state index in [4.69, 9.17) is 5.26 Å². The van der Waals surface area contributed by atoms with E-state index in [0.717, 1.165) is 29.2 Å². The number of hydrogen-bond donors (Lipinski definition) is 1. The first kappa shape index (κ1) is 16.8. The van der Waals surface area contributed by atoms with Crippen LogP contribution in [0.1, 0.15) is 22.0 Å². The van der Waals surface area contributed by atoms with Gasteiger partial charge in [0.1, 0.15) is 0 Å². The zero-order valence-electron chi connectivity index (χ0n) is 13.5. The van der Waals surface area contributed by atoms with Crippen molar-refractivity contribution in [3.8, 4) is 6.07 Å². The Balaban J connectivity index is 1.54. The van der Waals surface area contributed by atoms with Gasteiger partial charge in [-0.25, -0.2) is 4.98 Å². The minimum atomic E-state index is -0.142. The van der Waals surface area contributed by atoms with Crippen LogP contribution < -0.4 is 5.32 Å². The van der Waals surface area contributed by atoms with Crippen LogP contribution in [0.4, 0.5) is 5.69 Å². The van der Waals surface area contributed by atoms with Gasteiger partial charge in [0.15, 0.2) is 0 Å². The summed E-state index contributed by atoms with van der Waals surface area (Å²) in [5.41, 5.74) is 2.93. The third-order valence-electron chi connectivity index (χ3n) is 3.54. The average molecular weight is 348 g/mol. The molecule has 25 heavy (non-hydrogen) atoms. The number of aromatic nitrogens is 2. The van der Waals surface area contributed by atoms with Crippen LogP contribution in [0, 0.1) is 11.3 Å². The van der Waals surface area contributed by atoms with Gasteiger partial charge >= 0.3 is 0 Å². The van der Waals surface area contributed by atoms with E-state index in [9.17, 15) is 4.79 Å². The second-order valence-corrected chi connectivity index (χ2v) is 6.41. The number of rotatable bonds is 6. The van der Waals surface area contributed by atoms with Crippen molar-refractivity contribution in [1.82, 2.24) is 9.97 Å². The maximum atomic E-state index is 12.1. The van der Waals surface area contributed by atoms with Crippen LogP contribution in [-0.2, 0) is 24.1 Å². The van der Waals surface area contributed by atoms with Crippen molar-refractivity contribution in [2.45, 2.75) is 19.3 Å². The molecule has 0 atom stereocenters. The number of carbonyl (C=O) groups excluding carboxylic acids is 1. The lowest BCUT2D eigenvalue weighted by molar-refractivity contribution is -0.115. The number of hydrogen-bond acceptors (Lipinski definition) is 5. The van der Waals surface area contributed by atoms with E-state index in [1.807, 2.05) is 23.6 Å². The first-order valence-electron chi connectivity index (χ1n) is 7.86. The Hall–Kier alpha value is -3.04. The van der Waals surface area contributed by atoms with E-state index < -0.39 is 0 Å². The minimum Gasteiger partial charge on any atom is -0.326 e. The average Bonchev–Trinajstić information content (AvgIpc) is 3.08. The molecule has 0 bridgehead atoms. The molecule has 0 aliphatic carbocycles. The predicted octanol–water partition coefficient (Wildman–Crippen LogP) is 3.38. The fourth-order valence-electron chi connectivity index (χ4n) is 2.36. The smallest absolute Gasteiger partial charge is 0.230 e. The van der Waals surface area contributed by atoms with Crippen molar-refractivity contribution in [1.29, 1.82) is 5.26 Å². The lowest BCUT2D eigenvalue weighted by atomic mass is 10.2. The lowest BCUT2D eigenvalue weighted by Crippen LogP contribution is -2.14. The quantitative estimate of drug-likeness (QED) is 0.741. The van der Waals surface area contributed by atoms with Crippen molar-refractivity contribution in [2.24, 2.45) is 0 Å². The Bertz CT molecular complexity index is 899. The van der Waals surface area contributed by atoms with Crippen LogP contribution in [0.3, 0.4) is 0 Å². The summed E-state index contributed by atoms with van der Waals surface area (Å²) in [6.45, 7) is 0. The molecule has 0 radical (unpaired) electrons. The SMILES string of the molecule is N#Cc1cccc(NC(=O)Cc2csc(CCc3ccccn3)n2)c1. The van der Waals surface area contributed by atoms with Gasteiger partial charge in [0.2, 0.25) is 5.91 Å². The molecule has 2 heterocycles. The fraction of sp³-hybridized carbons (Fsp3) is 0.158. The second-order valence-electron chi connectivity index (χ2n) is 5.47. The molecule has 0 fully saturated rings. The molecule has 0 saturated heterocycles. The molecule has 3 aromatic rings. The molecule has 1 aromatic carbocycles. The topological polar surface area (TPSA) is 78.7 Å². The first-order chi connectivity index (χ1) is 12.2. The number of nitriles is 1. The third kappa shape index (κ3) is 4.96. The molecule has 0 aliphatic rings. The van der Waals surface area contributed by atoms with E-state index in [2.05, 4.69) is 21.4 Å². The zero-order chi connectivity index (χ0) is 17.5. The normalized spacial score (nSPS) is 10.2. The standard InChI is InChI=1S/C19H16N4OS/c20-12-14-4-3-6-16(10-14)22-18(24)11-17-13-25-19(23-17)8-7-15-5-1-2-9-21-15/h1-6,9-10,13H,7-8,11H2,(H,22,24). The highest BCUT2D eigenvalue weighted by atomic mass is 32.1. The van der Waals surface area contributed by atoms with E-state index in [-0.39, 0.29) is 12.3 Å². The van der Waals surface area contributed by atoms with Gasteiger partial charge in [0, 0.05) is 29.4 Å². The number of nitrogens with one attached hydrogen (secondary N) is 1. The predicted molar refractivity (Wildman–Crippen MR) is 97.2 cm³/mol. The Kier molecular flexibility index (Phi) is 5.50. The van der Waals surface area contributed by atoms with E-state index in [1.165, 1.54) is 0 Å².